The highest BCUT2D eigenvalue weighted by Gasteiger charge is 2.44. The quantitative estimate of drug-likeness (QED) is 0.255. The van der Waals surface area contributed by atoms with Crippen molar-refractivity contribution in [3.8, 4) is 0 Å². The number of amides is 2. The Balaban J connectivity index is 1.32. The van der Waals surface area contributed by atoms with E-state index in [-0.39, 0.29) is 24.5 Å². The number of aliphatic hydroxyl groups excluding tert-OH is 3. The van der Waals surface area contributed by atoms with E-state index in [1.807, 2.05) is 4.90 Å². The van der Waals surface area contributed by atoms with Gasteiger partial charge < -0.3 is 35.0 Å². The molecule has 0 radical (unpaired) electrons. The van der Waals surface area contributed by atoms with Crippen LogP contribution in [-0.2, 0) is 19.1 Å². The summed E-state index contributed by atoms with van der Waals surface area (Å²) in [4.78, 5) is 26.4. The van der Waals surface area contributed by atoms with Crippen LogP contribution in [0.5, 0.6) is 0 Å². The lowest BCUT2D eigenvalue weighted by Crippen LogP contribution is -2.61. The predicted molar refractivity (Wildman–Crippen MR) is 140 cm³/mol. The number of likely N-dealkylation sites (tertiary alicyclic amines) is 1. The summed E-state index contributed by atoms with van der Waals surface area (Å²) >= 11 is 0. The Morgan fingerprint density at radius 1 is 1.08 bits per heavy atom. The van der Waals surface area contributed by atoms with Crippen molar-refractivity contribution in [2.24, 2.45) is 17.8 Å². The summed E-state index contributed by atoms with van der Waals surface area (Å²) in [5.74, 6) is 0.972. The molecule has 1 saturated heterocycles. The van der Waals surface area contributed by atoms with E-state index in [2.05, 4.69) is 19.2 Å². The van der Waals surface area contributed by atoms with Gasteiger partial charge in [0.05, 0.1) is 37.0 Å². The molecule has 3 fully saturated rings. The molecule has 2 amide bonds. The van der Waals surface area contributed by atoms with Gasteiger partial charge in [-0.25, -0.2) is 0 Å². The molecule has 3 aliphatic rings. The molecule has 6 unspecified atom stereocenters. The van der Waals surface area contributed by atoms with Gasteiger partial charge in [0.2, 0.25) is 11.8 Å². The molecular formula is C28H50N2O7. The second-order valence-electron chi connectivity index (χ2n) is 11.6. The van der Waals surface area contributed by atoms with E-state index in [0.717, 1.165) is 63.3 Å². The SMILES string of the molecule is CCC(C)C1CC(OC[C@@H]2CCCN2C(=O)CCCCCOC2CC(CO)C(O)C(O)C2NC(C)=O)C1. The average Bonchev–Trinajstić information content (AvgIpc) is 3.32. The van der Waals surface area contributed by atoms with E-state index >= 15 is 0 Å². The maximum atomic E-state index is 12.8. The maximum absolute atomic E-state index is 12.8. The smallest absolute Gasteiger partial charge is 0.222 e. The van der Waals surface area contributed by atoms with Crippen LogP contribution in [0.25, 0.3) is 0 Å². The normalized spacial score (nSPS) is 34.7. The van der Waals surface area contributed by atoms with Crippen molar-refractivity contribution < 1.29 is 34.4 Å². The summed E-state index contributed by atoms with van der Waals surface area (Å²) in [6.07, 6.45) is 6.43. The van der Waals surface area contributed by atoms with Crippen LogP contribution < -0.4 is 5.32 Å². The van der Waals surface area contributed by atoms with Crippen molar-refractivity contribution in [3.05, 3.63) is 0 Å². The van der Waals surface area contributed by atoms with Crippen LogP contribution in [0.2, 0.25) is 0 Å². The Hall–Kier alpha value is -1.26. The van der Waals surface area contributed by atoms with E-state index in [0.29, 0.717) is 32.2 Å². The predicted octanol–water partition coefficient (Wildman–Crippen LogP) is 2.00. The summed E-state index contributed by atoms with van der Waals surface area (Å²) in [7, 11) is 0. The fourth-order valence-electron chi connectivity index (χ4n) is 6.12. The first kappa shape index (κ1) is 30.3. The number of ether oxygens (including phenoxy) is 2. The van der Waals surface area contributed by atoms with E-state index in [4.69, 9.17) is 9.47 Å². The van der Waals surface area contributed by atoms with Gasteiger partial charge in [-0.3, -0.25) is 9.59 Å². The van der Waals surface area contributed by atoms with Crippen molar-refractivity contribution in [1.82, 2.24) is 10.2 Å². The number of aliphatic hydroxyl groups is 3. The number of nitrogens with zero attached hydrogens (tertiary/aromatic N) is 1. The van der Waals surface area contributed by atoms with Crippen LogP contribution in [0.3, 0.4) is 0 Å². The number of hydrogen-bond donors (Lipinski definition) is 4. The molecule has 0 aromatic carbocycles. The summed E-state index contributed by atoms with van der Waals surface area (Å²) in [5, 5.41) is 32.8. The summed E-state index contributed by atoms with van der Waals surface area (Å²) in [6.45, 7) is 7.58. The van der Waals surface area contributed by atoms with E-state index in [9.17, 15) is 24.9 Å². The third kappa shape index (κ3) is 8.36. The van der Waals surface area contributed by atoms with Crippen LogP contribution >= 0.6 is 0 Å². The highest BCUT2D eigenvalue weighted by atomic mass is 16.5. The van der Waals surface area contributed by atoms with E-state index < -0.39 is 30.3 Å². The van der Waals surface area contributed by atoms with Crippen LogP contribution in [0, 0.1) is 17.8 Å². The molecule has 214 valence electrons. The third-order valence-corrected chi connectivity index (χ3v) is 8.91. The van der Waals surface area contributed by atoms with Gasteiger partial charge >= 0.3 is 0 Å². The summed E-state index contributed by atoms with van der Waals surface area (Å²) < 4.78 is 12.1. The number of unbranched alkanes of at least 4 members (excludes halogenated alkanes) is 2. The lowest BCUT2D eigenvalue weighted by Gasteiger charge is -2.42. The third-order valence-electron chi connectivity index (χ3n) is 8.91. The molecule has 0 aromatic heterocycles. The number of rotatable bonds is 14. The summed E-state index contributed by atoms with van der Waals surface area (Å²) in [6, 6.07) is -0.510. The zero-order valence-corrected chi connectivity index (χ0v) is 23.0. The molecule has 9 nitrogen and oxygen atoms in total. The van der Waals surface area contributed by atoms with Crippen molar-refractivity contribution in [3.63, 3.8) is 0 Å². The van der Waals surface area contributed by atoms with Crippen LogP contribution in [0.15, 0.2) is 0 Å². The van der Waals surface area contributed by atoms with E-state index in [1.165, 1.54) is 13.3 Å². The number of carbonyl (C=O) groups is 2. The van der Waals surface area contributed by atoms with Crippen LogP contribution in [-0.4, -0.2) is 94.9 Å². The van der Waals surface area contributed by atoms with Gasteiger partial charge in [0.1, 0.15) is 6.10 Å². The zero-order valence-electron chi connectivity index (χ0n) is 23.0. The standard InChI is InChI=1S/C28H50N2O7/c1-4-18(2)20-13-23(14-20)37-17-22-9-8-11-30(22)25(33)10-6-5-7-12-36-24-15-21(16-31)27(34)28(35)26(24)29-19(3)32/h18,20-24,26-28,31,34-35H,4-17H2,1-3H3,(H,29,32)/t18?,20?,21?,22-,23?,24?,26?,27?,28?/m0/s1. The van der Waals surface area contributed by atoms with Gasteiger partial charge in [-0.1, -0.05) is 26.7 Å². The Kier molecular flexibility index (Phi) is 12.1. The van der Waals surface area contributed by atoms with Gasteiger partial charge in [0, 0.05) is 39.0 Å². The zero-order chi connectivity index (χ0) is 26.9. The highest BCUT2D eigenvalue weighted by Crippen LogP contribution is 2.37. The molecule has 2 saturated carbocycles. The second kappa shape index (κ2) is 14.8. The van der Waals surface area contributed by atoms with Crippen molar-refractivity contribution >= 4 is 11.8 Å². The molecule has 4 N–H and O–H groups in total. The summed E-state index contributed by atoms with van der Waals surface area (Å²) in [5.41, 5.74) is 0. The Bertz CT molecular complexity index is 717. The van der Waals surface area contributed by atoms with Gasteiger partial charge in [0.15, 0.2) is 0 Å². The monoisotopic (exact) mass is 526 g/mol. The lowest BCUT2D eigenvalue weighted by atomic mass is 9.73. The molecule has 0 aromatic rings. The second-order valence-corrected chi connectivity index (χ2v) is 11.6. The molecular weight excluding hydrogens is 476 g/mol. The minimum atomic E-state index is -1.19. The topological polar surface area (TPSA) is 129 Å². The van der Waals surface area contributed by atoms with Crippen LogP contribution in [0.1, 0.15) is 85.0 Å². The Labute approximate surface area is 222 Å². The number of hydrogen-bond acceptors (Lipinski definition) is 7. The van der Waals surface area contributed by atoms with Gasteiger partial charge in [-0.15, -0.1) is 0 Å². The van der Waals surface area contributed by atoms with Crippen molar-refractivity contribution in [1.29, 1.82) is 0 Å². The fourth-order valence-corrected chi connectivity index (χ4v) is 6.12. The molecule has 7 atom stereocenters. The largest absolute Gasteiger partial charge is 0.396 e. The molecule has 0 bridgehead atoms. The van der Waals surface area contributed by atoms with Crippen molar-refractivity contribution in [2.45, 2.75) is 121 Å². The first-order chi connectivity index (χ1) is 17.7. The lowest BCUT2D eigenvalue weighted by molar-refractivity contribution is -0.142. The number of carbonyl (C=O) groups excluding carboxylic acids is 2. The van der Waals surface area contributed by atoms with Crippen molar-refractivity contribution in [2.75, 3.05) is 26.4 Å². The highest BCUT2D eigenvalue weighted by molar-refractivity contribution is 5.76. The molecule has 2 aliphatic carbocycles. The first-order valence-corrected chi connectivity index (χ1v) is 14.5. The van der Waals surface area contributed by atoms with Gasteiger partial charge in [-0.05, 0) is 56.8 Å². The van der Waals surface area contributed by atoms with E-state index in [1.54, 1.807) is 0 Å². The fraction of sp³-hybridized carbons (Fsp3) is 0.929. The molecule has 1 heterocycles. The van der Waals surface area contributed by atoms with Crippen LogP contribution in [0.4, 0.5) is 0 Å². The minimum absolute atomic E-state index is 0.205. The Morgan fingerprint density at radius 3 is 2.51 bits per heavy atom. The Morgan fingerprint density at radius 2 is 1.84 bits per heavy atom. The molecule has 0 spiro atoms. The first-order valence-electron chi connectivity index (χ1n) is 14.5. The molecule has 3 rings (SSSR count). The van der Waals surface area contributed by atoms with Gasteiger partial charge in [0.25, 0.3) is 0 Å². The van der Waals surface area contributed by atoms with Gasteiger partial charge in [-0.2, -0.15) is 0 Å². The molecule has 1 aliphatic heterocycles. The molecule has 37 heavy (non-hydrogen) atoms. The maximum Gasteiger partial charge on any atom is 0.222 e. The average molecular weight is 527 g/mol. The minimum Gasteiger partial charge on any atom is -0.396 e. The number of nitrogens with one attached hydrogen (secondary N) is 1. The molecule has 9 heteroatoms.